The Bertz CT molecular complexity index is 292. The van der Waals surface area contributed by atoms with Gasteiger partial charge in [0.05, 0.1) is 6.42 Å². The second-order valence-corrected chi connectivity index (χ2v) is 5.36. The van der Waals surface area contributed by atoms with Crippen molar-refractivity contribution in [3.05, 3.63) is 0 Å². The van der Waals surface area contributed by atoms with E-state index in [1.165, 1.54) is 0 Å². The van der Waals surface area contributed by atoms with Gasteiger partial charge in [0.15, 0.2) is 0 Å². The molecular formula is C13H26N2O4. The van der Waals surface area contributed by atoms with Crippen LogP contribution in [0.4, 0.5) is 0 Å². The van der Waals surface area contributed by atoms with Crippen LogP contribution < -0.4 is 0 Å². The number of nitrogens with zero attached hydrogens (tertiary/aromatic N) is 2. The Morgan fingerprint density at radius 3 is 2.00 bits per heavy atom. The van der Waals surface area contributed by atoms with Crippen molar-refractivity contribution in [2.75, 3.05) is 33.7 Å². The van der Waals surface area contributed by atoms with Crippen molar-refractivity contribution in [3.8, 4) is 0 Å². The van der Waals surface area contributed by atoms with E-state index in [2.05, 4.69) is 0 Å². The fraction of sp³-hybridized carbons (Fsp3) is 0.846. The molecule has 19 heavy (non-hydrogen) atoms. The van der Waals surface area contributed by atoms with E-state index in [1.54, 1.807) is 4.90 Å². The second-order valence-electron chi connectivity index (χ2n) is 5.36. The largest absolute Gasteiger partial charge is 0.481 e. The molecule has 0 bridgehead atoms. The van der Waals surface area contributed by atoms with Crippen LogP contribution in [0.2, 0.25) is 0 Å². The van der Waals surface area contributed by atoms with E-state index in [0.29, 0.717) is 6.54 Å². The van der Waals surface area contributed by atoms with Crippen molar-refractivity contribution in [1.29, 1.82) is 0 Å². The van der Waals surface area contributed by atoms with Crippen molar-refractivity contribution in [2.45, 2.75) is 32.7 Å². The lowest BCUT2D eigenvalue weighted by molar-refractivity contribution is -0.146. The number of rotatable bonds is 10. The first-order chi connectivity index (χ1) is 8.75. The van der Waals surface area contributed by atoms with Gasteiger partial charge in [-0.1, -0.05) is 13.8 Å². The van der Waals surface area contributed by atoms with E-state index in [4.69, 9.17) is 5.11 Å². The normalized spacial score (nSPS) is 13.2. The molecule has 0 aliphatic heterocycles. The summed E-state index contributed by atoms with van der Waals surface area (Å²) in [5, 5.41) is 18.0. The zero-order chi connectivity index (χ0) is 15.0. The molecule has 0 rings (SSSR count). The monoisotopic (exact) mass is 274 g/mol. The maximum Gasteiger partial charge on any atom is 0.321 e. The maximum absolute atomic E-state index is 11.3. The first-order valence-electron chi connectivity index (χ1n) is 6.59. The smallest absolute Gasteiger partial charge is 0.321 e. The minimum atomic E-state index is -0.898. The predicted octanol–water partition coefficient (Wildman–Crippen LogP) is 0.824. The number of carbonyl (C=O) groups is 2. The minimum absolute atomic E-state index is 0.0293. The number of hydrogen-bond acceptors (Lipinski definition) is 4. The zero-order valence-electron chi connectivity index (χ0n) is 12.3. The van der Waals surface area contributed by atoms with Gasteiger partial charge in [0.1, 0.15) is 6.04 Å². The van der Waals surface area contributed by atoms with Gasteiger partial charge in [-0.05, 0) is 33.0 Å². The topological polar surface area (TPSA) is 81.1 Å². The Morgan fingerprint density at radius 1 is 1.05 bits per heavy atom. The van der Waals surface area contributed by atoms with Crippen LogP contribution in [-0.2, 0) is 9.59 Å². The minimum Gasteiger partial charge on any atom is -0.481 e. The van der Waals surface area contributed by atoms with Gasteiger partial charge in [0, 0.05) is 13.1 Å². The number of carboxylic acid groups (broad SMARTS) is 2. The lowest BCUT2D eigenvalue weighted by Gasteiger charge is -2.31. The molecule has 0 aromatic rings. The van der Waals surface area contributed by atoms with Gasteiger partial charge >= 0.3 is 11.9 Å². The van der Waals surface area contributed by atoms with Crippen LogP contribution in [0.3, 0.4) is 0 Å². The molecule has 0 heterocycles. The summed E-state index contributed by atoms with van der Waals surface area (Å²) in [7, 11) is 3.91. The molecule has 1 unspecified atom stereocenters. The number of hydrogen-bond donors (Lipinski definition) is 2. The van der Waals surface area contributed by atoms with Gasteiger partial charge in [-0.15, -0.1) is 0 Å². The van der Waals surface area contributed by atoms with E-state index in [1.807, 2.05) is 32.8 Å². The van der Waals surface area contributed by atoms with Crippen molar-refractivity contribution < 1.29 is 19.8 Å². The molecule has 0 radical (unpaired) electrons. The number of carboxylic acids is 2. The Morgan fingerprint density at radius 2 is 1.63 bits per heavy atom. The molecule has 0 saturated carbocycles. The van der Waals surface area contributed by atoms with E-state index in [9.17, 15) is 14.7 Å². The highest BCUT2D eigenvalue weighted by atomic mass is 16.4. The average molecular weight is 274 g/mol. The first kappa shape index (κ1) is 17.9. The molecule has 6 heteroatoms. The average Bonchev–Trinajstić information content (AvgIpc) is 2.23. The Kier molecular flexibility index (Phi) is 8.34. The molecule has 6 nitrogen and oxygen atoms in total. The summed E-state index contributed by atoms with van der Waals surface area (Å²) in [6.07, 6.45) is 0.793. The highest BCUT2D eigenvalue weighted by molar-refractivity contribution is 5.74. The van der Waals surface area contributed by atoms with Crippen LogP contribution in [-0.4, -0.2) is 71.7 Å². The van der Waals surface area contributed by atoms with Crippen LogP contribution in [0.5, 0.6) is 0 Å². The molecule has 0 aliphatic carbocycles. The van der Waals surface area contributed by atoms with Gasteiger partial charge in [0.25, 0.3) is 0 Å². The molecule has 0 aromatic carbocycles. The molecule has 0 fully saturated rings. The molecule has 112 valence electrons. The van der Waals surface area contributed by atoms with E-state index < -0.39 is 18.0 Å². The van der Waals surface area contributed by atoms with Gasteiger partial charge in [-0.25, -0.2) is 0 Å². The zero-order valence-corrected chi connectivity index (χ0v) is 12.3. The summed E-state index contributed by atoms with van der Waals surface area (Å²) in [5.74, 6) is -1.83. The molecule has 0 saturated heterocycles. The summed E-state index contributed by atoms with van der Waals surface area (Å²) >= 11 is 0. The Labute approximate surface area is 115 Å². The summed E-state index contributed by atoms with van der Waals surface area (Å²) < 4.78 is 0. The fourth-order valence-electron chi connectivity index (χ4n) is 2.08. The Balaban J connectivity index is 4.61. The van der Waals surface area contributed by atoms with Gasteiger partial charge in [-0.2, -0.15) is 0 Å². The Hall–Kier alpha value is -1.14. The standard InChI is InChI=1S/C13H26N2O4/c1-10(2)12(13(18)19)15(9-6-11(16)17)8-5-7-14(3)4/h10,12H,5-9H2,1-4H3,(H,16,17)(H,18,19). The van der Waals surface area contributed by atoms with Crippen LogP contribution in [0.1, 0.15) is 26.7 Å². The lowest BCUT2D eigenvalue weighted by Crippen LogP contribution is -2.46. The number of aliphatic carboxylic acids is 2. The van der Waals surface area contributed by atoms with E-state index in [0.717, 1.165) is 13.0 Å². The predicted molar refractivity (Wildman–Crippen MR) is 73.3 cm³/mol. The molecule has 0 aliphatic rings. The highest BCUT2D eigenvalue weighted by Gasteiger charge is 2.28. The van der Waals surface area contributed by atoms with E-state index in [-0.39, 0.29) is 18.9 Å². The molecule has 0 amide bonds. The summed E-state index contributed by atoms with van der Waals surface area (Å²) in [6.45, 7) is 5.42. The van der Waals surface area contributed by atoms with Crippen molar-refractivity contribution in [2.24, 2.45) is 5.92 Å². The molecule has 0 spiro atoms. The fourth-order valence-corrected chi connectivity index (χ4v) is 2.08. The molecule has 1 atom stereocenters. The van der Waals surface area contributed by atoms with Gasteiger partial charge in [0.2, 0.25) is 0 Å². The highest BCUT2D eigenvalue weighted by Crippen LogP contribution is 2.13. The maximum atomic E-state index is 11.3. The molecular weight excluding hydrogens is 248 g/mol. The van der Waals surface area contributed by atoms with Crippen LogP contribution in [0, 0.1) is 5.92 Å². The summed E-state index contributed by atoms with van der Waals surface area (Å²) in [6, 6.07) is -0.624. The third-order valence-electron chi connectivity index (χ3n) is 2.94. The van der Waals surface area contributed by atoms with Crippen molar-refractivity contribution in [3.63, 3.8) is 0 Å². The third-order valence-corrected chi connectivity index (χ3v) is 2.94. The van der Waals surface area contributed by atoms with Crippen LogP contribution in [0.25, 0.3) is 0 Å². The molecule has 2 N–H and O–H groups in total. The SMILES string of the molecule is CC(C)C(C(=O)O)N(CCCN(C)C)CCC(=O)O. The van der Waals surface area contributed by atoms with Crippen molar-refractivity contribution in [1.82, 2.24) is 9.80 Å². The van der Waals surface area contributed by atoms with Crippen molar-refractivity contribution >= 4 is 11.9 Å². The summed E-state index contributed by atoms with van der Waals surface area (Å²) in [5.41, 5.74) is 0. The van der Waals surface area contributed by atoms with Gasteiger partial charge < -0.3 is 15.1 Å². The first-order valence-corrected chi connectivity index (χ1v) is 6.59. The van der Waals surface area contributed by atoms with Crippen LogP contribution in [0.15, 0.2) is 0 Å². The third kappa shape index (κ3) is 7.79. The van der Waals surface area contributed by atoms with Gasteiger partial charge in [-0.3, -0.25) is 14.5 Å². The second kappa shape index (κ2) is 8.87. The summed E-state index contributed by atoms with van der Waals surface area (Å²) in [4.78, 5) is 25.8. The molecule has 0 aromatic heterocycles. The van der Waals surface area contributed by atoms with Crippen LogP contribution >= 0.6 is 0 Å². The van der Waals surface area contributed by atoms with E-state index >= 15 is 0 Å². The quantitative estimate of drug-likeness (QED) is 0.614. The lowest BCUT2D eigenvalue weighted by atomic mass is 10.0.